The second-order valence-corrected chi connectivity index (χ2v) is 4.51. The zero-order valence-corrected chi connectivity index (χ0v) is 10.3. The van der Waals surface area contributed by atoms with Crippen LogP contribution in [0.2, 0.25) is 0 Å². The van der Waals surface area contributed by atoms with Gasteiger partial charge in [0.1, 0.15) is 12.6 Å². The number of nitrogens with two attached hydrogens (primary N) is 1. The Kier molecular flexibility index (Phi) is 4.89. The first-order valence-corrected chi connectivity index (χ1v) is 5.83. The van der Waals surface area contributed by atoms with E-state index in [4.69, 9.17) is 15.6 Å². The smallest absolute Gasteiger partial charge is 0.323 e. The second kappa shape index (κ2) is 5.97. The summed E-state index contributed by atoms with van der Waals surface area (Å²) in [6.45, 7) is 3.68. The van der Waals surface area contributed by atoms with Crippen molar-refractivity contribution >= 4 is 11.9 Å². The highest BCUT2D eigenvalue weighted by Crippen LogP contribution is 2.21. The van der Waals surface area contributed by atoms with Crippen LogP contribution in [-0.2, 0) is 14.3 Å². The Morgan fingerprint density at radius 3 is 2.53 bits per heavy atom. The van der Waals surface area contributed by atoms with E-state index in [1.807, 2.05) is 0 Å². The second-order valence-electron chi connectivity index (χ2n) is 4.51. The molecule has 1 fully saturated rings. The molecule has 6 heteroatoms. The van der Waals surface area contributed by atoms with Crippen molar-refractivity contribution in [1.29, 1.82) is 0 Å². The van der Waals surface area contributed by atoms with Gasteiger partial charge in [0.05, 0.1) is 6.10 Å². The van der Waals surface area contributed by atoms with Gasteiger partial charge in [-0.15, -0.1) is 0 Å². The average molecular weight is 244 g/mol. The maximum Gasteiger partial charge on any atom is 0.323 e. The number of carbonyl (C=O) groups excluding carboxylic acids is 1. The van der Waals surface area contributed by atoms with Crippen LogP contribution < -0.4 is 5.73 Å². The fourth-order valence-corrected chi connectivity index (χ4v) is 1.91. The van der Waals surface area contributed by atoms with Crippen molar-refractivity contribution < 1.29 is 19.4 Å². The fourth-order valence-electron chi connectivity index (χ4n) is 1.91. The molecule has 98 valence electrons. The number of hydrogen-bond donors (Lipinski definition) is 2. The number of nitrogens with zero attached hydrogens (tertiary/aromatic N) is 1. The van der Waals surface area contributed by atoms with Gasteiger partial charge in [0.2, 0.25) is 0 Å². The monoisotopic (exact) mass is 244 g/mol. The van der Waals surface area contributed by atoms with E-state index in [0.29, 0.717) is 13.0 Å². The van der Waals surface area contributed by atoms with Gasteiger partial charge in [-0.3, -0.25) is 9.59 Å². The van der Waals surface area contributed by atoms with Crippen molar-refractivity contribution in [3.8, 4) is 0 Å². The molecular formula is C11H20N2O4. The van der Waals surface area contributed by atoms with Crippen LogP contribution in [0.5, 0.6) is 0 Å². The molecule has 1 heterocycles. The van der Waals surface area contributed by atoms with Crippen molar-refractivity contribution in [3.05, 3.63) is 0 Å². The molecule has 17 heavy (non-hydrogen) atoms. The molecule has 0 aromatic heterocycles. The fraction of sp³-hybridized carbons (Fsp3) is 0.818. The highest BCUT2D eigenvalue weighted by Gasteiger charge is 2.34. The third-order valence-electron chi connectivity index (χ3n) is 2.86. The summed E-state index contributed by atoms with van der Waals surface area (Å²) >= 11 is 0. The predicted molar refractivity (Wildman–Crippen MR) is 61.4 cm³/mol. The van der Waals surface area contributed by atoms with Crippen molar-refractivity contribution in [2.45, 2.75) is 44.9 Å². The van der Waals surface area contributed by atoms with Crippen molar-refractivity contribution in [3.63, 3.8) is 0 Å². The number of carbonyl (C=O) groups is 2. The molecular weight excluding hydrogens is 224 g/mol. The zero-order chi connectivity index (χ0) is 13.0. The molecule has 3 N–H and O–H groups in total. The number of carboxylic acid groups (broad SMARTS) is 1. The van der Waals surface area contributed by atoms with Crippen LogP contribution in [0.15, 0.2) is 0 Å². The van der Waals surface area contributed by atoms with Crippen molar-refractivity contribution in [2.24, 2.45) is 5.73 Å². The minimum atomic E-state index is -1.01. The van der Waals surface area contributed by atoms with Crippen molar-refractivity contribution in [2.75, 3.05) is 13.1 Å². The number of amides is 1. The molecule has 0 aromatic rings. The minimum Gasteiger partial charge on any atom is -0.480 e. The lowest BCUT2D eigenvalue weighted by Gasteiger charge is -2.27. The standard InChI is InChI=1S/C11H20N2O4/c1-7(2)13(6-10(14)15)11(16)9-4-3-8(5-12)17-9/h7-9H,3-6,12H2,1-2H3,(H,14,15). The van der Waals surface area contributed by atoms with Gasteiger partial charge in [-0.05, 0) is 26.7 Å². The average Bonchev–Trinajstić information content (AvgIpc) is 2.72. The van der Waals surface area contributed by atoms with Crippen LogP contribution in [0.25, 0.3) is 0 Å². The van der Waals surface area contributed by atoms with Crippen LogP contribution >= 0.6 is 0 Å². The van der Waals surface area contributed by atoms with Gasteiger partial charge in [-0.1, -0.05) is 0 Å². The van der Waals surface area contributed by atoms with Gasteiger partial charge in [0.25, 0.3) is 5.91 Å². The van der Waals surface area contributed by atoms with E-state index in [2.05, 4.69) is 0 Å². The molecule has 6 nitrogen and oxygen atoms in total. The minimum absolute atomic E-state index is 0.0807. The lowest BCUT2D eigenvalue weighted by atomic mass is 10.1. The predicted octanol–water partition coefficient (Wildman–Crippen LogP) is -0.186. The quantitative estimate of drug-likeness (QED) is 0.699. The van der Waals surface area contributed by atoms with Crippen LogP contribution in [0.3, 0.4) is 0 Å². The van der Waals surface area contributed by atoms with E-state index in [0.717, 1.165) is 6.42 Å². The van der Waals surface area contributed by atoms with E-state index in [1.54, 1.807) is 13.8 Å². The molecule has 1 saturated heterocycles. The molecule has 0 spiro atoms. The number of hydrogen-bond acceptors (Lipinski definition) is 4. The summed E-state index contributed by atoms with van der Waals surface area (Å²) < 4.78 is 5.48. The molecule has 1 rings (SSSR count). The van der Waals surface area contributed by atoms with Crippen LogP contribution in [0, 0.1) is 0 Å². The van der Waals surface area contributed by atoms with Gasteiger partial charge in [-0.25, -0.2) is 0 Å². The Labute approximate surface area is 101 Å². The molecule has 0 bridgehead atoms. The summed E-state index contributed by atoms with van der Waals surface area (Å²) in [6.07, 6.45) is 0.753. The summed E-state index contributed by atoms with van der Waals surface area (Å²) in [7, 11) is 0. The summed E-state index contributed by atoms with van der Waals surface area (Å²) in [6, 6.07) is -0.154. The first-order chi connectivity index (χ1) is 7.95. The Hall–Kier alpha value is -1.14. The third kappa shape index (κ3) is 3.67. The first kappa shape index (κ1) is 13.9. The van der Waals surface area contributed by atoms with E-state index in [-0.39, 0.29) is 24.6 Å². The van der Waals surface area contributed by atoms with Gasteiger partial charge >= 0.3 is 5.97 Å². The van der Waals surface area contributed by atoms with Crippen LogP contribution in [-0.4, -0.2) is 53.2 Å². The highest BCUT2D eigenvalue weighted by molar-refractivity contribution is 5.85. The SMILES string of the molecule is CC(C)N(CC(=O)O)C(=O)C1CCC(CN)O1. The Bertz CT molecular complexity index is 293. The Balaban J connectivity index is 2.62. The zero-order valence-electron chi connectivity index (χ0n) is 10.3. The van der Waals surface area contributed by atoms with Crippen molar-refractivity contribution in [1.82, 2.24) is 4.90 Å². The normalized spacial score (nSPS) is 24.0. The van der Waals surface area contributed by atoms with E-state index >= 15 is 0 Å². The Morgan fingerprint density at radius 2 is 2.12 bits per heavy atom. The maximum absolute atomic E-state index is 12.1. The largest absolute Gasteiger partial charge is 0.480 e. The molecule has 1 aliphatic heterocycles. The molecule has 2 unspecified atom stereocenters. The molecule has 0 radical (unpaired) electrons. The number of rotatable bonds is 5. The summed E-state index contributed by atoms with van der Waals surface area (Å²) in [5, 5.41) is 8.77. The van der Waals surface area contributed by atoms with Gasteiger partial charge < -0.3 is 20.5 Å². The van der Waals surface area contributed by atoms with E-state index in [1.165, 1.54) is 4.90 Å². The summed E-state index contributed by atoms with van der Waals surface area (Å²) in [5.74, 6) is -1.27. The molecule has 0 aromatic carbocycles. The number of ether oxygens (including phenoxy) is 1. The Morgan fingerprint density at radius 1 is 1.47 bits per heavy atom. The third-order valence-corrected chi connectivity index (χ3v) is 2.86. The molecule has 0 saturated carbocycles. The number of carboxylic acids is 1. The molecule has 1 aliphatic rings. The lowest BCUT2D eigenvalue weighted by molar-refractivity contribution is -0.151. The summed E-state index contributed by atoms with van der Waals surface area (Å²) in [5.41, 5.74) is 5.47. The highest BCUT2D eigenvalue weighted by atomic mass is 16.5. The molecule has 1 amide bonds. The molecule has 2 atom stereocenters. The van der Waals surface area contributed by atoms with Gasteiger partial charge in [0, 0.05) is 12.6 Å². The molecule has 0 aliphatic carbocycles. The van der Waals surface area contributed by atoms with E-state index < -0.39 is 12.1 Å². The first-order valence-electron chi connectivity index (χ1n) is 5.83. The topological polar surface area (TPSA) is 92.9 Å². The van der Waals surface area contributed by atoms with Crippen LogP contribution in [0.1, 0.15) is 26.7 Å². The van der Waals surface area contributed by atoms with E-state index in [9.17, 15) is 9.59 Å². The summed E-state index contributed by atoms with van der Waals surface area (Å²) in [4.78, 5) is 24.1. The van der Waals surface area contributed by atoms with Gasteiger partial charge in [-0.2, -0.15) is 0 Å². The number of aliphatic carboxylic acids is 1. The lowest BCUT2D eigenvalue weighted by Crippen LogP contribution is -2.46. The maximum atomic E-state index is 12.1. The van der Waals surface area contributed by atoms with Gasteiger partial charge in [0.15, 0.2) is 0 Å². The van der Waals surface area contributed by atoms with Crippen LogP contribution in [0.4, 0.5) is 0 Å².